The number of amides is 1. The first-order valence-electron chi connectivity index (χ1n) is 5.93. The number of hydrogen-bond acceptors (Lipinski definition) is 2. The molecule has 2 unspecified atom stereocenters. The minimum absolute atomic E-state index is 0.0477. The van der Waals surface area contributed by atoms with E-state index in [0.717, 1.165) is 22.0 Å². The zero-order valence-corrected chi connectivity index (χ0v) is 13.3. The number of hydrogen-bond donors (Lipinski definition) is 1. The highest BCUT2D eigenvalue weighted by molar-refractivity contribution is 9.11. The first kappa shape index (κ1) is 14.0. The van der Waals surface area contributed by atoms with Gasteiger partial charge in [0.2, 0.25) is 0 Å². The molecular weight excluding hydrogens is 362 g/mol. The molecule has 2 rings (SSSR count). The molecule has 98 valence electrons. The van der Waals surface area contributed by atoms with Crippen molar-refractivity contribution in [3.63, 3.8) is 0 Å². The molecule has 0 spiro atoms. The summed E-state index contributed by atoms with van der Waals surface area (Å²) < 4.78 is 7.22. The van der Waals surface area contributed by atoms with E-state index in [-0.39, 0.29) is 12.0 Å². The second kappa shape index (κ2) is 6.17. The van der Waals surface area contributed by atoms with E-state index >= 15 is 0 Å². The molecule has 1 aromatic carbocycles. The minimum Gasteiger partial charge on any atom is -0.378 e. The predicted octanol–water partition coefficient (Wildman–Crippen LogP) is 3.37. The number of benzene rings is 1. The second-order valence-corrected chi connectivity index (χ2v) is 6.23. The van der Waals surface area contributed by atoms with Crippen LogP contribution in [-0.4, -0.2) is 25.2 Å². The normalized spacial score (nSPS) is 23.1. The highest BCUT2D eigenvalue weighted by Crippen LogP contribution is 2.23. The van der Waals surface area contributed by atoms with Crippen LogP contribution in [0.4, 0.5) is 0 Å². The van der Waals surface area contributed by atoms with Gasteiger partial charge in [0.25, 0.3) is 5.91 Å². The van der Waals surface area contributed by atoms with Crippen molar-refractivity contribution >= 4 is 37.8 Å². The fourth-order valence-corrected chi connectivity index (χ4v) is 3.26. The Labute approximate surface area is 124 Å². The van der Waals surface area contributed by atoms with Gasteiger partial charge in [0.05, 0.1) is 11.7 Å². The van der Waals surface area contributed by atoms with Crippen molar-refractivity contribution < 1.29 is 9.53 Å². The van der Waals surface area contributed by atoms with Crippen molar-refractivity contribution in [1.29, 1.82) is 0 Å². The van der Waals surface area contributed by atoms with Crippen LogP contribution >= 0.6 is 31.9 Å². The smallest absolute Gasteiger partial charge is 0.252 e. The van der Waals surface area contributed by atoms with Crippen LogP contribution in [0.1, 0.15) is 23.7 Å². The van der Waals surface area contributed by atoms with E-state index in [1.54, 1.807) is 6.07 Å². The summed E-state index contributed by atoms with van der Waals surface area (Å²) in [6.45, 7) is 3.52. The Balaban J connectivity index is 1.95. The molecule has 1 N–H and O–H groups in total. The Kier molecular flexibility index (Phi) is 4.81. The van der Waals surface area contributed by atoms with Gasteiger partial charge < -0.3 is 10.1 Å². The molecule has 2 atom stereocenters. The average Bonchev–Trinajstić information content (AvgIpc) is 2.72. The van der Waals surface area contributed by atoms with E-state index in [2.05, 4.69) is 44.1 Å². The van der Waals surface area contributed by atoms with Gasteiger partial charge in [-0.15, -0.1) is 0 Å². The van der Waals surface area contributed by atoms with Gasteiger partial charge in [-0.25, -0.2) is 0 Å². The molecule has 1 fully saturated rings. The van der Waals surface area contributed by atoms with Crippen molar-refractivity contribution in [2.75, 3.05) is 13.2 Å². The lowest BCUT2D eigenvalue weighted by Crippen LogP contribution is -2.32. The summed E-state index contributed by atoms with van der Waals surface area (Å²) in [6.07, 6.45) is 1.25. The summed E-state index contributed by atoms with van der Waals surface area (Å²) in [5.41, 5.74) is 0.657. The van der Waals surface area contributed by atoms with Crippen LogP contribution in [0.3, 0.4) is 0 Å². The third-order valence-electron chi connectivity index (χ3n) is 3.23. The highest BCUT2D eigenvalue weighted by atomic mass is 79.9. The van der Waals surface area contributed by atoms with E-state index < -0.39 is 0 Å². The highest BCUT2D eigenvalue weighted by Gasteiger charge is 2.24. The fraction of sp³-hybridized carbons (Fsp3) is 0.462. The molecule has 1 heterocycles. The number of ether oxygens (including phenoxy) is 1. The Morgan fingerprint density at radius 3 is 2.89 bits per heavy atom. The minimum atomic E-state index is -0.0477. The lowest BCUT2D eigenvalue weighted by molar-refractivity contribution is 0.0906. The van der Waals surface area contributed by atoms with Gasteiger partial charge >= 0.3 is 0 Å². The number of carbonyl (C=O) groups is 1. The first-order valence-corrected chi connectivity index (χ1v) is 7.51. The van der Waals surface area contributed by atoms with Gasteiger partial charge in [-0.05, 0) is 47.5 Å². The lowest BCUT2D eigenvalue weighted by atomic mass is 10.0. The molecule has 3 nitrogen and oxygen atoms in total. The number of nitrogens with one attached hydrogen (secondary N) is 1. The first-order chi connectivity index (χ1) is 8.58. The standard InChI is InChI=1S/C13H15Br2NO2/c1-8-9(4-5-18-8)7-16-13(17)11-3-2-10(14)6-12(11)15/h2-3,6,8-9H,4-5,7H2,1H3,(H,16,17). The van der Waals surface area contributed by atoms with Gasteiger partial charge in [0.15, 0.2) is 0 Å². The van der Waals surface area contributed by atoms with Crippen molar-refractivity contribution in [3.8, 4) is 0 Å². The van der Waals surface area contributed by atoms with Crippen LogP contribution in [0.5, 0.6) is 0 Å². The second-order valence-electron chi connectivity index (χ2n) is 4.46. The Morgan fingerprint density at radius 1 is 1.50 bits per heavy atom. The van der Waals surface area contributed by atoms with Crippen molar-refractivity contribution in [2.24, 2.45) is 5.92 Å². The number of halogens is 2. The maximum absolute atomic E-state index is 12.0. The summed E-state index contributed by atoms with van der Waals surface area (Å²) >= 11 is 6.77. The predicted molar refractivity (Wildman–Crippen MR) is 77.7 cm³/mol. The van der Waals surface area contributed by atoms with Crippen molar-refractivity contribution in [3.05, 3.63) is 32.7 Å². The maximum atomic E-state index is 12.0. The maximum Gasteiger partial charge on any atom is 0.252 e. The molecule has 0 bridgehead atoms. The van der Waals surface area contributed by atoms with Crippen LogP contribution in [0.25, 0.3) is 0 Å². The van der Waals surface area contributed by atoms with Crippen molar-refractivity contribution in [2.45, 2.75) is 19.4 Å². The van der Waals surface area contributed by atoms with E-state index in [9.17, 15) is 4.79 Å². The molecule has 1 saturated heterocycles. The lowest BCUT2D eigenvalue weighted by Gasteiger charge is -2.15. The summed E-state index contributed by atoms with van der Waals surface area (Å²) in [7, 11) is 0. The quantitative estimate of drug-likeness (QED) is 0.878. The van der Waals surface area contributed by atoms with E-state index in [1.807, 2.05) is 12.1 Å². The molecule has 5 heteroatoms. The SMILES string of the molecule is CC1OCCC1CNC(=O)c1ccc(Br)cc1Br. The third kappa shape index (κ3) is 3.33. The number of carbonyl (C=O) groups excluding carboxylic acids is 1. The Morgan fingerprint density at radius 2 is 2.28 bits per heavy atom. The monoisotopic (exact) mass is 375 g/mol. The molecule has 0 saturated carbocycles. The van der Waals surface area contributed by atoms with E-state index in [1.165, 1.54) is 0 Å². The van der Waals surface area contributed by atoms with Crippen LogP contribution in [0.15, 0.2) is 27.1 Å². The van der Waals surface area contributed by atoms with Crippen molar-refractivity contribution in [1.82, 2.24) is 5.32 Å². The van der Waals surface area contributed by atoms with Gasteiger partial charge in [-0.3, -0.25) is 4.79 Å². The molecule has 1 aliphatic heterocycles. The third-order valence-corrected chi connectivity index (χ3v) is 4.38. The van der Waals surface area contributed by atoms with E-state index in [0.29, 0.717) is 18.0 Å². The molecule has 1 aromatic rings. The molecule has 1 aliphatic rings. The summed E-state index contributed by atoms with van der Waals surface area (Å²) in [5, 5.41) is 2.97. The molecule has 1 amide bonds. The van der Waals surface area contributed by atoms with Gasteiger partial charge in [0, 0.05) is 28.0 Å². The molecule has 18 heavy (non-hydrogen) atoms. The Hall–Kier alpha value is -0.390. The van der Waals surface area contributed by atoms with Crippen LogP contribution in [-0.2, 0) is 4.74 Å². The molecule has 0 radical (unpaired) electrons. The van der Waals surface area contributed by atoms with Crippen LogP contribution in [0.2, 0.25) is 0 Å². The zero-order valence-electron chi connectivity index (χ0n) is 10.1. The Bertz CT molecular complexity index is 451. The fourth-order valence-electron chi connectivity index (χ4n) is 2.04. The average molecular weight is 377 g/mol. The topological polar surface area (TPSA) is 38.3 Å². The van der Waals surface area contributed by atoms with E-state index in [4.69, 9.17) is 4.74 Å². The summed E-state index contributed by atoms with van der Waals surface area (Å²) in [5.74, 6) is 0.372. The molecule has 0 aliphatic carbocycles. The van der Waals surface area contributed by atoms with Gasteiger partial charge in [-0.1, -0.05) is 15.9 Å². The molecule has 0 aromatic heterocycles. The summed E-state index contributed by atoms with van der Waals surface area (Å²) in [4.78, 5) is 12.0. The number of rotatable bonds is 3. The van der Waals surface area contributed by atoms with Crippen LogP contribution < -0.4 is 5.32 Å². The zero-order chi connectivity index (χ0) is 13.1. The summed E-state index contributed by atoms with van der Waals surface area (Å²) in [6, 6.07) is 5.54. The largest absolute Gasteiger partial charge is 0.378 e. The van der Waals surface area contributed by atoms with Crippen LogP contribution in [0, 0.1) is 5.92 Å². The van der Waals surface area contributed by atoms with Gasteiger partial charge in [-0.2, -0.15) is 0 Å². The molecular formula is C13H15Br2NO2. The van der Waals surface area contributed by atoms with Gasteiger partial charge in [0.1, 0.15) is 0 Å².